The van der Waals surface area contributed by atoms with Crippen LogP contribution in [0.3, 0.4) is 0 Å². The van der Waals surface area contributed by atoms with Gasteiger partial charge in [0, 0.05) is 38.7 Å². The van der Waals surface area contributed by atoms with Crippen LogP contribution in [0.2, 0.25) is 0 Å². The molecule has 1 saturated heterocycles. The summed E-state index contributed by atoms with van der Waals surface area (Å²) in [6.45, 7) is 3.84. The minimum atomic E-state index is -0.0657. The lowest BCUT2D eigenvalue weighted by Crippen LogP contribution is -2.29. The molecule has 0 radical (unpaired) electrons. The van der Waals surface area contributed by atoms with Crippen LogP contribution in [0.1, 0.15) is 41.6 Å². The number of benzene rings is 1. The van der Waals surface area contributed by atoms with Gasteiger partial charge in [-0.05, 0) is 77.0 Å². The van der Waals surface area contributed by atoms with E-state index < -0.39 is 0 Å². The molecule has 1 aromatic carbocycles. The maximum Gasteiger partial charge on any atom is 0.224 e. The molecule has 2 atom stereocenters. The van der Waals surface area contributed by atoms with Crippen LogP contribution in [-0.4, -0.2) is 16.0 Å². The molecule has 0 unspecified atom stereocenters. The summed E-state index contributed by atoms with van der Waals surface area (Å²) in [5, 5.41) is 9.16. The predicted molar refractivity (Wildman–Crippen MR) is 130 cm³/mol. The second-order valence-corrected chi connectivity index (χ2v) is 9.31. The second kappa shape index (κ2) is 8.83. The number of thiophene rings is 1. The van der Waals surface area contributed by atoms with Crippen LogP contribution in [-0.2, 0) is 4.79 Å². The number of rotatable bonds is 5. The lowest BCUT2D eigenvalue weighted by molar-refractivity contribution is -0.115. The van der Waals surface area contributed by atoms with Gasteiger partial charge in [-0.3, -0.25) is 9.78 Å². The fraction of sp³-hybridized carbons (Fsp3) is 0.227. The number of amides is 1. The molecule has 1 aliphatic rings. The second-order valence-electron chi connectivity index (χ2n) is 7.06. The zero-order valence-electron chi connectivity index (χ0n) is 16.6. The predicted octanol–water partition coefficient (Wildman–Crippen LogP) is 5.74. The Hall–Kier alpha value is -2.29. The van der Waals surface area contributed by atoms with Crippen molar-refractivity contribution in [1.82, 2.24) is 10.3 Å². The van der Waals surface area contributed by atoms with E-state index in [0.29, 0.717) is 11.5 Å². The minimum Gasteiger partial charge on any atom is -0.351 e. The van der Waals surface area contributed by atoms with Gasteiger partial charge in [-0.1, -0.05) is 13.0 Å². The molecule has 0 aliphatic carbocycles. The average molecular weight is 501 g/mol. The van der Waals surface area contributed by atoms with Crippen molar-refractivity contribution in [2.24, 2.45) is 0 Å². The van der Waals surface area contributed by atoms with Gasteiger partial charge in [0.1, 0.15) is 0 Å². The third-order valence-electron chi connectivity index (χ3n) is 5.06. The normalized spacial score (nSPS) is 18.4. The van der Waals surface area contributed by atoms with Gasteiger partial charge in [0.25, 0.3) is 0 Å². The topological polar surface area (TPSA) is 57.3 Å². The fourth-order valence-electron chi connectivity index (χ4n) is 3.58. The minimum absolute atomic E-state index is 0.000684. The molecule has 1 fully saturated rings. The molecule has 5 nitrogen and oxygen atoms in total. The van der Waals surface area contributed by atoms with Crippen molar-refractivity contribution in [2.75, 3.05) is 10.2 Å². The van der Waals surface area contributed by atoms with Gasteiger partial charge in [-0.25, -0.2) is 0 Å². The lowest BCUT2D eigenvalue weighted by atomic mass is 10.0. The molecule has 0 saturated carbocycles. The Morgan fingerprint density at radius 1 is 1.33 bits per heavy atom. The van der Waals surface area contributed by atoms with E-state index in [9.17, 15) is 4.79 Å². The van der Waals surface area contributed by atoms with E-state index in [0.717, 1.165) is 27.1 Å². The van der Waals surface area contributed by atoms with Crippen LogP contribution in [0.25, 0.3) is 0 Å². The molecule has 8 heteroatoms. The summed E-state index contributed by atoms with van der Waals surface area (Å²) in [6, 6.07) is 14.0. The summed E-state index contributed by atoms with van der Waals surface area (Å²) >= 11 is 11.0. The largest absolute Gasteiger partial charge is 0.351 e. The van der Waals surface area contributed by atoms with Gasteiger partial charge in [0.2, 0.25) is 5.91 Å². The van der Waals surface area contributed by atoms with Crippen LogP contribution in [0.5, 0.6) is 0 Å². The van der Waals surface area contributed by atoms with E-state index >= 15 is 0 Å². The average Bonchev–Trinajstić information content (AvgIpc) is 3.32. The number of carbonyl (C=O) groups excluding carboxylic acids is 1. The van der Waals surface area contributed by atoms with Crippen LogP contribution in [0.15, 0.2) is 58.5 Å². The molecule has 2 N–H and O–H groups in total. The van der Waals surface area contributed by atoms with Crippen molar-refractivity contribution in [1.29, 1.82) is 0 Å². The van der Waals surface area contributed by atoms with Crippen molar-refractivity contribution >= 4 is 61.9 Å². The molecule has 154 valence electrons. The summed E-state index contributed by atoms with van der Waals surface area (Å²) in [5.74, 6) is 0.000684. The number of carbonyl (C=O) groups is 1. The molecule has 1 amide bonds. The first-order valence-corrected chi connectivity index (χ1v) is 11.7. The first-order chi connectivity index (χ1) is 14.5. The molecule has 3 aromatic rings. The lowest BCUT2D eigenvalue weighted by Gasteiger charge is -2.27. The zero-order chi connectivity index (χ0) is 21.3. The van der Waals surface area contributed by atoms with Gasteiger partial charge < -0.3 is 15.5 Å². The van der Waals surface area contributed by atoms with Crippen LogP contribution >= 0.6 is 39.5 Å². The number of aryl methyl sites for hydroxylation is 1. The Bertz CT molecular complexity index is 1090. The highest BCUT2D eigenvalue weighted by Crippen LogP contribution is 2.44. The Kier molecular flexibility index (Phi) is 6.17. The van der Waals surface area contributed by atoms with Crippen LogP contribution in [0.4, 0.5) is 11.4 Å². The molecule has 30 heavy (non-hydrogen) atoms. The molecule has 0 spiro atoms. The number of halogens is 1. The van der Waals surface area contributed by atoms with Gasteiger partial charge in [-0.2, -0.15) is 0 Å². The van der Waals surface area contributed by atoms with Gasteiger partial charge in [-0.15, -0.1) is 11.3 Å². The highest BCUT2D eigenvalue weighted by molar-refractivity contribution is 9.10. The zero-order valence-corrected chi connectivity index (χ0v) is 19.8. The van der Waals surface area contributed by atoms with Crippen molar-refractivity contribution in [3.8, 4) is 0 Å². The van der Waals surface area contributed by atoms with E-state index in [4.69, 9.17) is 12.2 Å². The van der Waals surface area contributed by atoms with Gasteiger partial charge in [0.15, 0.2) is 5.11 Å². The molecular weight excluding hydrogens is 480 g/mol. The number of anilines is 2. The molecule has 3 heterocycles. The molecule has 0 bridgehead atoms. The number of hydrogen-bond donors (Lipinski definition) is 2. The maximum atomic E-state index is 11.8. The summed E-state index contributed by atoms with van der Waals surface area (Å²) < 4.78 is 1.05. The summed E-state index contributed by atoms with van der Waals surface area (Å²) in [6.07, 6.45) is 2.25. The standard InChI is InChI=1S/C22H21BrN4OS2/c1-3-19(28)25-16-8-7-15(10-13(16)2)27-21(18-11-14(23)12-30-18)20(26-22(27)29)17-6-4-5-9-24-17/h4-12,20-21H,3H2,1-2H3,(H,25,28)(H,26,29)/t20-,21-/m1/s1. The molecule has 1 aliphatic heterocycles. The monoisotopic (exact) mass is 500 g/mol. The Labute approximate surface area is 193 Å². The van der Waals surface area contributed by atoms with E-state index in [2.05, 4.69) is 54.0 Å². The highest BCUT2D eigenvalue weighted by atomic mass is 79.9. The van der Waals surface area contributed by atoms with Gasteiger partial charge >= 0.3 is 0 Å². The van der Waals surface area contributed by atoms with E-state index in [-0.39, 0.29) is 18.0 Å². The Balaban J connectivity index is 1.74. The SMILES string of the molecule is CCC(=O)Nc1ccc(N2C(=S)N[C@H](c3ccccn3)[C@H]2c2cc(Br)cs2)cc1C. The molecular formula is C22H21BrN4OS2. The van der Waals surface area contributed by atoms with E-state index in [1.807, 2.05) is 44.2 Å². The highest BCUT2D eigenvalue weighted by Gasteiger charge is 2.41. The molecule has 4 rings (SSSR count). The van der Waals surface area contributed by atoms with Crippen LogP contribution in [0, 0.1) is 6.92 Å². The fourth-order valence-corrected chi connectivity index (χ4v) is 5.50. The third-order valence-corrected chi connectivity index (χ3v) is 7.14. The first kappa shape index (κ1) is 21.0. The number of aromatic nitrogens is 1. The quantitative estimate of drug-likeness (QED) is 0.437. The van der Waals surface area contributed by atoms with E-state index in [1.165, 1.54) is 4.88 Å². The van der Waals surface area contributed by atoms with E-state index in [1.54, 1.807) is 17.5 Å². The van der Waals surface area contributed by atoms with Gasteiger partial charge in [0.05, 0.1) is 17.8 Å². The number of pyridine rings is 1. The summed E-state index contributed by atoms with van der Waals surface area (Å²) in [4.78, 5) is 19.7. The maximum absolute atomic E-state index is 11.8. The van der Waals surface area contributed by atoms with Crippen molar-refractivity contribution in [2.45, 2.75) is 32.4 Å². The third kappa shape index (κ3) is 4.12. The number of nitrogens with zero attached hydrogens (tertiary/aromatic N) is 2. The smallest absolute Gasteiger partial charge is 0.224 e. The van der Waals surface area contributed by atoms with Crippen molar-refractivity contribution in [3.05, 3.63) is 74.6 Å². The Morgan fingerprint density at radius 3 is 2.80 bits per heavy atom. The van der Waals surface area contributed by atoms with Crippen LogP contribution < -0.4 is 15.5 Å². The number of thiocarbonyl (C=S) groups is 1. The van der Waals surface area contributed by atoms with Crippen molar-refractivity contribution < 1.29 is 4.79 Å². The van der Waals surface area contributed by atoms with Crippen molar-refractivity contribution in [3.63, 3.8) is 0 Å². The summed E-state index contributed by atoms with van der Waals surface area (Å²) in [7, 11) is 0. The first-order valence-electron chi connectivity index (χ1n) is 9.63. The molecule has 2 aromatic heterocycles. The number of hydrogen-bond acceptors (Lipinski definition) is 4. The summed E-state index contributed by atoms with van der Waals surface area (Å²) in [5.41, 5.74) is 3.73. The Morgan fingerprint density at radius 2 is 2.17 bits per heavy atom. The number of nitrogens with one attached hydrogen (secondary N) is 2.